The lowest BCUT2D eigenvalue weighted by molar-refractivity contribution is 0.0955. The van der Waals surface area contributed by atoms with Gasteiger partial charge in [-0.1, -0.05) is 38.0 Å². The minimum Gasteiger partial charge on any atom is -0.371 e. The maximum Gasteiger partial charge on any atom is 0.252 e. The fraction of sp³-hybridized carbons (Fsp3) is 0.448. The Morgan fingerprint density at radius 1 is 1.08 bits per heavy atom. The van der Waals surface area contributed by atoms with Gasteiger partial charge in [-0.2, -0.15) is 4.31 Å². The van der Waals surface area contributed by atoms with E-state index in [0.717, 1.165) is 57.3 Å². The molecule has 4 rings (SSSR count). The van der Waals surface area contributed by atoms with Crippen molar-refractivity contribution >= 4 is 32.5 Å². The first kappa shape index (κ1) is 27.9. The van der Waals surface area contributed by atoms with E-state index in [1.165, 1.54) is 18.2 Å². The number of fused-ring (bicyclic) bond motifs is 1. The van der Waals surface area contributed by atoms with E-state index in [1.807, 2.05) is 25.1 Å². The van der Waals surface area contributed by atoms with Gasteiger partial charge in [-0.25, -0.2) is 8.42 Å². The number of benzene rings is 2. The molecular formula is C29H38N4O4S. The van der Waals surface area contributed by atoms with Crippen LogP contribution in [-0.4, -0.2) is 55.8 Å². The molecular weight excluding hydrogens is 500 g/mol. The zero-order valence-electron chi connectivity index (χ0n) is 22.3. The van der Waals surface area contributed by atoms with Crippen LogP contribution in [0.25, 0.3) is 10.9 Å². The van der Waals surface area contributed by atoms with Gasteiger partial charge in [-0.05, 0) is 62.9 Å². The summed E-state index contributed by atoms with van der Waals surface area (Å²) in [6.45, 7) is 6.75. The van der Waals surface area contributed by atoms with E-state index in [2.05, 4.69) is 34.3 Å². The van der Waals surface area contributed by atoms with E-state index in [1.54, 1.807) is 10.4 Å². The van der Waals surface area contributed by atoms with E-state index < -0.39 is 15.6 Å². The van der Waals surface area contributed by atoms with Gasteiger partial charge in [-0.3, -0.25) is 9.59 Å². The highest BCUT2D eigenvalue weighted by Crippen LogP contribution is 2.27. The van der Waals surface area contributed by atoms with E-state index in [4.69, 9.17) is 0 Å². The number of anilines is 1. The zero-order chi connectivity index (χ0) is 27.1. The molecule has 0 bridgehead atoms. The van der Waals surface area contributed by atoms with E-state index in [9.17, 15) is 18.0 Å². The average molecular weight is 539 g/mol. The maximum atomic E-state index is 13.4. The minimum atomic E-state index is -3.72. The van der Waals surface area contributed by atoms with Crippen molar-refractivity contribution < 1.29 is 13.2 Å². The van der Waals surface area contributed by atoms with Crippen molar-refractivity contribution in [2.24, 2.45) is 0 Å². The maximum absolute atomic E-state index is 13.4. The number of unbranched alkanes of at least 4 members (excludes halogenated alkanes) is 1. The van der Waals surface area contributed by atoms with Gasteiger partial charge < -0.3 is 15.2 Å². The second-order valence-electron chi connectivity index (χ2n) is 10.0. The number of para-hydroxylation sites is 1. The molecule has 2 N–H and O–H groups in total. The molecule has 38 heavy (non-hydrogen) atoms. The van der Waals surface area contributed by atoms with Gasteiger partial charge in [0, 0.05) is 54.9 Å². The molecule has 0 saturated carbocycles. The second-order valence-corrected chi connectivity index (χ2v) is 11.9. The third-order valence-corrected chi connectivity index (χ3v) is 9.21. The molecule has 2 heterocycles. The minimum absolute atomic E-state index is 0.0735. The van der Waals surface area contributed by atoms with Crippen molar-refractivity contribution in [3.63, 3.8) is 0 Å². The van der Waals surface area contributed by atoms with E-state index >= 15 is 0 Å². The number of amides is 1. The first-order valence-corrected chi connectivity index (χ1v) is 15.0. The number of sulfonamides is 1. The molecule has 8 nitrogen and oxygen atoms in total. The number of hydrogen-bond acceptors (Lipinski definition) is 5. The second kappa shape index (κ2) is 12.6. The highest BCUT2D eigenvalue weighted by molar-refractivity contribution is 7.89. The number of aromatic nitrogens is 1. The van der Waals surface area contributed by atoms with Gasteiger partial charge in [0.1, 0.15) is 0 Å². The SMILES string of the molecule is CCCCN(CCCNC(=O)c1cc(=O)[nH]c2ccc(S(=O)(=O)N3CCCCC3C)cc12)c1ccccc1. The van der Waals surface area contributed by atoms with Crippen molar-refractivity contribution in [1.29, 1.82) is 0 Å². The number of nitrogens with zero attached hydrogens (tertiary/aromatic N) is 2. The summed E-state index contributed by atoms with van der Waals surface area (Å²) in [5.74, 6) is -0.387. The summed E-state index contributed by atoms with van der Waals surface area (Å²) in [5, 5.41) is 3.35. The highest BCUT2D eigenvalue weighted by Gasteiger charge is 2.31. The molecule has 1 fully saturated rings. The number of H-pyrrole nitrogens is 1. The predicted molar refractivity (Wildman–Crippen MR) is 152 cm³/mol. The Hall–Kier alpha value is -3.17. The third kappa shape index (κ3) is 6.45. The number of hydrogen-bond donors (Lipinski definition) is 2. The van der Waals surface area contributed by atoms with Crippen LogP contribution in [-0.2, 0) is 10.0 Å². The summed E-state index contributed by atoms with van der Waals surface area (Å²) < 4.78 is 28.4. The van der Waals surface area contributed by atoms with Crippen molar-refractivity contribution in [2.45, 2.75) is 63.3 Å². The Morgan fingerprint density at radius 2 is 1.84 bits per heavy atom. The lowest BCUT2D eigenvalue weighted by atomic mass is 10.1. The highest BCUT2D eigenvalue weighted by atomic mass is 32.2. The largest absolute Gasteiger partial charge is 0.371 e. The van der Waals surface area contributed by atoms with Crippen molar-refractivity contribution in [2.75, 3.05) is 31.1 Å². The predicted octanol–water partition coefficient (Wildman–Crippen LogP) is 4.52. The molecule has 0 radical (unpaired) electrons. The van der Waals surface area contributed by atoms with Crippen molar-refractivity contribution in [1.82, 2.24) is 14.6 Å². The number of aromatic amines is 1. The van der Waals surface area contributed by atoms with Crippen LogP contribution in [0.4, 0.5) is 5.69 Å². The molecule has 204 valence electrons. The third-order valence-electron chi connectivity index (χ3n) is 7.20. The molecule has 1 aromatic heterocycles. The average Bonchev–Trinajstić information content (AvgIpc) is 2.92. The Balaban J connectivity index is 1.50. The first-order valence-electron chi connectivity index (χ1n) is 13.6. The Kier molecular flexibility index (Phi) is 9.22. The van der Waals surface area contributed by atoms with Crippen LogP contribution in [0.5, 0.6) is 0 Å². The van der Waals surface area contributed by atoms with Crippen LogP contribution in [0.1, 0.15) is 62.7 Å². The molecule has 1 atom stereocenters. The van der Waals surface area contributed by atoms with Gasteiger partial charge in [0.25, 0.3) is 5.91 Å². The summed E-state index contributed by atoms with van der Waals surface area (Å²) in [4.78, 5) is 30.6. The number of pyridine rings is 1. The molecule has 1 unspecified atom stereocenters. The van der Waals surface area contributed by atoms with Crippen LogP contribution in [0.3, 0.4) is 0 Å². The summed E-state index contributed by atoms with van der Waals surface area (Å²) in [6.07, 6.45) is 5.59. The standard InChI is InChI=1S/C29H38N4O4S/c1-3-4-17-32(23-12-6-5-7-13-23)18-10-16-30-29(35)26-21-28(34)31-27-15-14-24(20-25(26)27)38(36,37)33-19-9-8-11-22(33)2/h5-7,12-15,20-22H,3-4,8-11,16-19H2,1-2H3,(H,30,35)(H,31,34). The van der Waals surface area contributed by atoms with Gasteiger partial charge in [0.15, 0.2) is 0 Å². The Labute approximate surface area is 225 Å². The number of piperidine rings is 1. The van der Waals surface area contributed by atoms with Crippen molar-refractivity contribution in [3.8, 4) is 0 Å². The molecule has 1 aliphatic heterocycles. The Morgan fingerprint density at radius 3 is 2.58 bits per heavy atom. The fourth-order valence-corrected chi connectivity index (χ4v) is 6.80. The molecule has 2 aromatic carbocycles. The summed E-state index contributed by atoms with van der Waals surface area (Å²) in [5.41, 5.74) is 1.36. The van der Waals surface area contributed by atoms with Crippen LogP contribution in [0.2, 0.25) is 0 Å². The van der Waals surface area contributed by atoms with E-state index in [0.29, 0.717) is 24.0 Å². The fourth-order valence-electron chi connectivity index (χ4n) is 5.07. The monoisotopic (exact) mass is 538 g/mol. The van der Waals surface area contributed by atoms with Crippen LogP contribution >= 0.6 is 0 Å². The van der Waals surface area contributed by atoms with Gasteiger partial charge >= 0.3 is 0 Å². The normalized spacial score (nSPS) is 16.4. The van der Waals surface area contributed by atoms with E-state index in [-0.39, 0.29) is 22.4 Å². The van der Waals surface area contributed by atoms with Gasteiger partial charge in [0.05, 0.1) is 10.5 Å². The van der Waals surface area contributed by atoms with Crippen molar-refractivity contribution in [3.05, 3.63) is 70.5 Å². The van der Waals surface area contributed by atoms with Crippen LogP contribution in [0, 0.1) is 0 Å². The zero-order valence-corrected chi connectivity index (χ0v) is 23.1. The molecule has 1 amide bonds. The quantitative estimate of drug-likeness (QED) is 0.350. The number of carbonyl (C=O) groups excluding carboxylic acids is 1. The topological polar surface area (TPSA) is 103 Å². The molecule has 0 spiro atoms. The first-order chi connectivity index (χ1) is 18.3. The smallest absolute Gasteiger partial charge is 0.252 e. The summed E-state index contributed by atoms with van der Waals surface area (Å²) >= 11 is 0. The molecule has 1 aliphatic rings. The molecule has 0 aliphatic carbocycles. The van der Waals surface area contributed by atoms with Gasteiger partial charge in [-0.15, -0.1) is 0 Å². The molecule has 3 aromatic rings. The van der Waals surface area contributed by atoms with Crippen LogP contribution < -0.4 is 15.8 Å². The summed E-state index contributed by atoms with van der Waals surface area (Å²) in [6, 6.07) is 16.0. The number of carbonyl (C=O) groups is 1. The van der Waals surface area contributed by atoms with Gasteiger partial charge in [0.2, 0.25) is 15.6 Å². The Bertz CT molecular complexity index is 1410. The van der Waals surface area contributed by atoms with Crippen LogP contribution in [0.15, 0.2) is 64.3 Å². The lowest BCUT2D eigenvalue weighted by Gasteiger charge is -2.32. The lowest BCUT2D eigenvalue weighted by Crippen LogP contribution is -2.41. The molecule has 9 heteroatoms. The number of rotatable bonds is 11. The number of nitrogens with one attached hydrogen (secondary N) is 2. The summed E-state index contributed by atoms with van der Waals surface area (Å²) in [7, 11) is -3.72. The molecule has 1 saturated heterocycles.